The number of sulfonamides is 1. The molecule has 0 heterocycles. The lowest BCUT2D eigenvalue weighted by Gasteiger charge is -2.12. The Morgan fingerprint density at radius 1 is 1.21 bits per heavy atom. The molecule has 0 saturated carbocycles. The molecule has 104 valence electrons. The quantitative estimate of drug-likeness (QED) is 0.599. The molecule has 1 aromatic carbocycles. The summed E-state index contributed by atoms with van der Waals surface area (Å²) in [6.45, 7) is 0. The first-order chi connectivity index (χ1) is 8.72. The van der Waals surface area contributed by atoms with E-state index in [1.807, 2.05) is 27.3 Å². The highest BCUT2D eigenvalue weighted by Gasteiger charge is 2.27. The molecule has 1 unspecified atom stereocenters. The van der Waals surface area contributed by atoms with Gasteiger partial charge in [-0.15, -0.1) is 0 Å². The first-order valence-electron chi connectivity index (χ1n) is 4.95. The molecule has 0 radical (unpaired) electrons. The van der Waals surface area contributed by atoms with Crippen LogP contribution in [0.2, 0.25) is 0 Å². The maximum atomic E-state index is 11.9. The second-order valence-electron chi connectivity index (χ2n) is 3.56. The molecule has 1 aromatic rings. The minimum absolute atomic E-state index is 0.121. The number of aliphatic carboxylic acids is 2. The summed E-state index contributed by atoms with van der Waals surface area (Å²) in [5, 5.41) is 17.3. The largest absolute Gasteiger partial charge is 0.481 e. The van der Waals surface area contributed by atoms with Crippen LogP contribution in [0.5, 0.6) is 0 Å². The summed E-state index contributed by atoms with van der Waals surface area (Å²) in [6, 6.07) is 4.00. The van der Waals surface area contributed by atoms with Gasteiger partial charge in [0.15, 0.2) is 0 Å². The number of carboxylic acid groups (broad SMARTS) is 2. The lowest BCUT2D eigenvalue weighted by Crippen LogP contribution is -2.42. The summed E-state index contributed by atoms with van der Waals surface area (Å²) in [4.78, 5) is 21.2. The predicted octanol–water partition coefficient (Wildman–Crippen LogP) is 0.497. The van der Waals surface area contributed by atoms with E-state index >= 15 is 0 Å². The summed E-state index contributed by atoms with van der Waals surface area (Å²) in [6.07, 6.45) is -0.834. The van der Waals surface area contributed by atoms with E-state index < -0.39 is 34.4 Å². The lowest BCUT2D eigenvalue weighted by atomic mass is 10.2. The van der Waals surface area contributed by atoms with Crippen molar-refractivity contribution >= 4 is 44.6 Å². The van der Waals surface area contributed by atoms with Gasteiger partial charge in [-0.3, -0.25) is 9.59 Å². The zero-order valence-corrected chi connectivity index (χ0v) is 12.4. The van der Waals surface area contributed by atoms with Crippen LogP contribution < -0.4 is 4.72 Å². The maximum absolute atomic E-state index is 11.9. The molecule has 19 heavy (non-hydrogen) atoms. The second kappa shape index (κ2) is 6.30. The average Bonchev–Trinajstić information content (AvgIpc) is 2.27. The van der Waals surface area contributed by atoms with Gasteiger partial charge in [0.2, 0.25) is 10.0 Å². The highest BCUT2D eigenvalue weighted by Crippen LogP contribution is 2.13. The van der Waals surface area contributed by atoms with Crippen LogP contribution in [-0.4, -0.2) is 36.6 Å². The summed E-state index contributed by atoms with van der Waals surface area (Å²) < 4.78 is 26.4. The van der Waals surface area contributed by atoms with E-state index in [2.05, 4.69) is 0 Å². The van der Waals surface area contributed by atoms with Crippen LogP contribution in [0.15, 0.2) is 29.2 Å². The van der Waals surface area contributed by atoms with Crippen molar-refractivity contribution in [1.29, 1.82) is 0 Å². The van der Waals surface area contributed by atoms with Crippen LogP contribution in [0.25, 0.3) is 0 Å². The smallest absolute Gasteiger partial charge is 0.322 e. The summed E-state index contributed by atoms with van der Waals surface area (Å²) >= 11 is 1.99. The van der Waals surface area contributed by atoms with Crippen LogP contribution in [0.1, 0.15) is 6.42 Å². The van der Waals surface area contributed by atoms with Crippen molar-refractivity contribution in [3.8, 4) is 0 Å². The van der Waals surface area contributed by atoms with Crippen molar-refractivity contribution < 1.29 is 28.2 Å². The number of nitrogens with one attached hydrogen (secondary N) is 1. The monoisotopic (exact) mass is 399 g/mol. The number of hydrogen-bond donors (Lipinski definition) is 3. The number of rotatable bonds is 6. The van der Waals surface area contributed by atoms with E-state index in [-0.39, 0.29) is 4.90 Å². The third-order valence-electron chi connectivity index (χ3n) is 2.10. The molecule has 0 fully saturated rings. The SMILES string of the molecule is O=C(O)CC(NS(=O)(=O)c1ccc(I)cc1)C(=O)O. The normalized spacial score (nSPS) is 12.9. The number of carboxylic acids is 2. The Balaban J connectivity index is 2.97. The van der Waals surface area contributed by atoms with Crippen LogP contribution in [0.3, 0.4) is 0 Å². The van der Waals surface area contributed by atoms with Gasteiger partial charge in [0, 0.05) is 3.57 Å². The van der Waals surface area contributed by atoms with Gasteiger partial charge in [0.25, 0.3) is 0 Å². The average molecular weight is 399 g/mol. The molecule has 7 nitrogen and oxygen atoms in total. The number of benzene rings is 1. The molecule has 0 saturated heterocycles. The van der Waals surface area contributed by atoms with E-state index in [0.717, 1.165) is 3.57 Å². The molecule has 9 heteroatoms. The van der Waals surface area contributed by atoms with Gasteiger partial charge >= 0.3 is 11.9 Å². The second-order valence-corrected chi connectivity index (χ2v) is 6.52. The number of hydrogen-bond acceptors (Lipinski definition) is 4. The Morgan fingerprint density at radius 2 is 1.74 bits per heavy atom. The third-order valence-corrected chi connectivity index (χ3v) is 4.30. The molecule has 0 amide bonds. The fraction of sp³-hybridized carbons (Fsp3) is 0.200. The third kappa shape index (κ3) is 4.76. The number of carbonyl (C=O) groups is 2. The van der Waals surface area contributed by atoms with Gasteiger partial charge in [-0.1, -0.05) is 0 Å². The van der Waals surface area contributed by atoms with Gasteiger partial charge < -0.3 is 10.2 Å². The zero-order valence-electron chi connectivity index (χ0n) is 9.41. The van der Waals surface area contributed by atoms with E-state index in [0.29, 0.717) is 0 Å². The van der Waals surface area contributed by atoms with Crippen molar-refractivity contribution in [2.45, 2.75) is 17.4 Å². The van der Waals surface area contributed by atoms with Gasteiger partial charge in [-0.05, 0) is 46.9 Å². The van der Waals surface area contributed by atoms with E-state index in [4.69, 9.17) is 10.2 Å². The molecule has 1 rings (SSSR count). The van der Waals surface area contributed by atoms with Crippen LogP contribution >= 0.6 is 22.6 Å². The van der Waals surface area contributed by atoms with Gasteiger partial charge in [-0.2, -0.15) is 4.72 Å². The van der Waals surface area contributed by atoms with Crippen molar-refractivity contribution in [3.05, 3.63) is 27.8 Å². The molecule has 1 atom stereocenters. The van der Waals surface area contributed by atoms with Crippen LogP contribution in [0.4, 0.5) is 0 Å². The summed E-state index contributed by atoms with van der Waals surface area (Å²) in [7, 11) is -4.06. The van der Waals surface area contributed by atoms with Crippen molar-refractivity contribution in [3.63, 3.8) is 0 Å². The topological polar surface area (TPSA) is 121 Å². The zero-order chi connectivity index (χ0) is 14.6. The Bertz CT molecular complexity index is 583. The Morgan fingerprint density at radius 3 is 2.16 bits per heavy atom. The Labute approximate surface area is 122 Å². The van der Waals surface area contributed by atoms with E-state index in [1.54, 1.807) is 12.1 Å². The first kappa shape index (κ1) is 15.9. The molecule has 0 aliphatic carbocycles. The number of halogens is 1. The van der Waals surface area contributed by atoms with Crippen molar-refractivity contribution in [1.82, 2.24) is 4.72 Å². The minimum atomic E-state index is -4.06. The maximum Gasteiger partial charge on any atom is 0.322 e. The molecular weight excluding hydrogens is 389 g/mol. The van der Waals surface area contributed by atoms with Crippen molar-refractivity contribution in [2.24, 2.45) is 0 Å². The highest BCUT2D eigenvalue weighted by atomic mass is 127. The summed E-state index contributed by atoms with van der Waals surface area (Å²) in [5.41, 5.74) is 0. The first-order valence-corrected chi connectivity index (χ1v) is 7.51. The van der Waals surface area contributed by atoms with Crippen LogP contribution in [0, 0.1) is 3.57 Å². The molecule has 0 aliphatic rings. The fourth-order valence-electron chi connectivity index (χ4n) is 1.22. The summed E-state index contributed by atoms with van der Waals surface area (Å²) in [5.74, 6) is -2.95. The fourth-order valence-corrected chi connectivity index (χ4v) is 2.77. The molecular formula is C10H10INO6S. The standard InChI is InChI=1S/C10H10INO6S/c11-6-1-3-7(4-2-6)19(17,18)12-8(10(15)16)5-9(13)14/h1-4,8,12H,5H2,(H,13,14)(H,15,16). The predicted molar refractivity (Wildman–Crippen MR) is 73.2 cm³/mol. The Kier molecular flexibility index (Phi) is 5.26. The van der Waals surface area contributed by atoms with Gasteiger partial charge in [-0.25, -0.2) is 8.42 Å². The van der Waals surface area contributed by atoms with E-state index in [1.165, 1.54) is 12.1 Å². The minimum Gasteiger partial charge on any atom is -0.481 e. The van der Waals surface area contributed by atoms with Crippen molar-refractivity contribution in [2.75, 3.05) is 0 Å². The van der Waals surface area contributed by atoms with Crippen LogP contribution in [-0.2, 0) is 19.6 Å². The molecule has 0 aliphatic heterocycles. The molecule has 0 spiro atoms. The Hall–Kier alpha value is -1.20. The molecule has 3 N–H and O–H groups in total. The van der Waals surface area contributed by atoms with E-state index in [9.17, 15) is 18.0 Å². The molecule has 0 bridgehead atoms. The lowest BCUT2D eigenvalue weighted by molar-refractivity contribution is -0.145. The highest BCUT2D eigenvalue weighted by molar-refractivity contribution is 14.1. The van der Waals surface area contributed by atoms with Gasteiger partial charge in [0.1, 0.15) is 6.04 Å². The van der Waals surface area contributed by atoms with Gasteiger partial charge in [0.05, 0.1) is 11.3 Å². The molecule has 0 aromatic heterocycles.